The highest BCUT2D eigenvalue weighted by Crippen LogP contribution is 2.29. The highest BCUT2D eigenvalue weighted by atomic mass is 16.2. The Morgan fingerprint density at radius 3 is 2.36 bits per heavy atom. The van der Waals surface area contributed by atoms with Gasteiger partial charge in [0.2, 0.25) is 0 Å². The van der Waals surface area contributed by atoms with E-state index in [4.69, 9.17) is 5.73 Å². The molecular formula is C22H25N5O. The lowest BCUT2D eigenvalue weighted by molar-refractivity contribution is 0.0897. The summed E-state index contributed by atoms with van der Waals surface area (Å²) in [5, 5.41) is 11.5. The zero-order valence-corrected chi connectivity index (χ0v) is 16.1. The van der Waals surface area contributed by atoms with Gasteiger partial charge in [0.05, 0.1) is 16.9 Å². The van der Waals surface area contributed by atoms with Crippen LogP contribution in [0.1, 0.15) is 41.9 Å². The van der Waals surface area contributed by atoms with Crippen molar-refractivity contribution in [1.82, 2.24) is 20.3 Å². The summed E-state index contributed by atoms with van der Waals surface area (Å²) in [5.74, 6) is -0.197. The Hall–Kier alpha value is -2.99. The molecule has 1 amide bonds. The molecule has 6 nitrogen and oxygen atoms in total. The average molecular weight is 375 g/mol. The molecule has 0 atom stereocenters. The predicted molar refractivity (Wildman–Crippen MR) is 109 cm³/mol. The SMILES string of the molecule is Cc1c(C(=O)NC2(CN)CCCC2)nnn1-c1ccc(-c2ccccc2)cc1. The number of hydrogen-bond donors (Lipinski definition) is 2. The van der Waals surface area contributed by atoms with Crippen molar-refractivity contribution in [2.75, 3.05) is 6.54 Å². The largest absolute Gasteiger partial charge is 0.344 e. The van der Waals surface area contributed by atoms with E-state index in [1.165, 1.54) is 0 Å². The van der Waals surface area contributed by atoms with Crippen molar-refractivity contribution in [3.63, 3.8) is 0 Å². The van der Waals surface area contributed by atoms with Crippen LogP contribution in [0, 0.1) is 6.92 Å². The van der Waals surface area contributed by atoms with Gasteiger partial charge in [0, 0.05) is 6.54 Å². The molecule has 1 aliphatic carbocycles. The van der Waals surface area contributed by atoms with E-state index in [0.29, 0.717) is 12.2 Å². The number of carbonyl (C=O) groups is 1. The number of nitrogens with zero attached hydrogens (tertiary/aromatic N) is 3. The van der Waals surface area contributed by atoms with Gasteiger partial charge in [0.25, 0.3) is 5.91 Å². The summed E-state index contributed by atoms with van der Waals surface area (Å²) in [6.45, 7) is 2.32. The third kappa shape index (κ3) is 3.43. The maximum absolute atomic E-state index is 12.8. The van der Waals surface area contributed by atoms with Gasteiger partial charge in [-0.2, -0.15) is 0 Å². The fourth-order valence-electron chi connectivity index (χ4n) is 3.94. The van der Waals surface area contributed by atoms with E-state index in [2.05, 4.69) is 27.8 Å². The lowest BCUT2D eigenvalue weighted by Crippen LogP contribution is -2.51. The molecule has 1 aromatic heterocycles. The average Bonchev–Trinajstić information content (AvgIpc) is 3.36. The Balaban J connectivity index is 1.56. The van der Waals surface area contributed by atoms with Crippen LogP contribution in [0.4, 0.5) is 0 Å². The van der Waals surface area contributed by atoms with E-state index in [-0.39, 0.29) is 11.4 Å². The Morgan fingerprint density at radius 2 is 1.71 bits per heavy atom. The van der Waals surface area contributed by atoms with Crippen LogP contribution in [0.2, 0.25) is 0 Å². The molecule has 0 spiro atoms. The first kappa shape index (κ1) is 18.4. The first-order chi connectivity index (χ1) is 13.6. The van der Waals surface area contributed by atoms with Gasteiger partial charge in [0.15, 0.2) is 5.69 Å². The van der Waals surface area contributed by atoms with Crippen LogP contribution in [-0.4, -0.2) is 33.0 Å². The van der Waals surface area contributed by atoms with Gasteiger partial charge >= 0.3 is 0 Å². The number of benzene rings is 2. The molecule has 0 aliphatic heterocycles. The number of carbonyl (C=O) groups excluding carboxylic acids is 1. The molecule has 1 heterocycles. The minimum Gasteiger partial charge on any atom is -0.344 e. The lowest BCUT2D eigenvalue weighted by Gasteiger charge is -2.28. The summed E-state index contributed by atoms with van der Waals surface area (Å²) in [5.41, 5.74) is 9.87. The fraction of sp³-hybridized carbons (Fsp3) is 0.318. The third-order valence-corrected chi connectivity index (χ3v) is 5.66. The predicted octanol–water partition coefficient (Wildman–Crippen LogP) is 3.24. The first-order valence-electron chi connectivity index (χ1n) is 9.73. The van der Waals surface area contributed by atoms with Crippen molar-refractivity contribution in [3.8, 4) is 16.8 Å². The van der Waals surface area contributed by atoms with Gasteiger partial charge in [-0.05, 0) is 43.0 Å². The molecule has 1 aliphatic rings. The van der Waals surface area contributed by atoms with E-state index in [1.54, 1.807) is 4.68 Å². The Kier molecular flexibility index (Phi) is 4.96. The zero-order chi connectivity index (χ0) is 19.6. The van der Waals surface area contributed by atoms with Crippen molar-refractivity contribution in [2.45, 2.75) is 38.1 Å². The van der Waals surface area contributed by atoms with Crippen LogP contribution < -0.4 is 11.1 Å². The van der Waals surface area contributed by atoms with Crippen LogP contribution in [-0.2, 0) is 0 Å². The van der Waals surface area contributed by atoms with Gasteiger partial charge < -0.3 is 11.1 Å². The maximum atomic E-state index is 12.8. The van der Waals surface area contributed by atoms with Gasteiger partial charge in [-0.15, -0.1) is 5.10 Å². The highest BCUT2D eigenvalue weighted by Gasteiger charge is 2.35. The summed E-state index contributed by atoms with van der Waals surface area (Å²) in [7, 11) is 0. The van der Waals surface area contributed by atoms with Crippen molar-refractivity contribution < 1.29 is 4.79 Å². The number of aromatic nitrogens is 3. The topological polar surface area (TPSA) is 85.8 Å². The van der Waals surface area contributed by atoms with E-state index < -0.39 is 0 Å². The van der Waals surface area contributed by atoms with Gasteiger partial charge in [-0.3, -0.25) is 4.79 Å². The standard InChI is InChI=1S/C22H25N5O/c1-16-20(21(28)24-22(15-23)13-5-6-14-22)25-26-27(16)19-11-9-18(10-12-19)17-7-3-2-4-8-17/h2-4,7-12H,5-6,13-15,23H2,1H3,(H,24,28). The number of hydrogen-bond acceptors (Lipinski definition) is 4. The lowest BCUT2D eigenvalue weighted by atomic mass is 9.97. The van der Waals surface area contributed by atoms with E-state index in [9.17, 15) is 4.79 Å². The molecule has 3 N–H and O–H groups in total. The quantitative estimate of drug-likeness (QED) is 0.717. The van der Waals surface area contributed by atoms with Crippen molar-refractivity contribution in [2.24, 2.45) is 5.73 Å². The summed E-state index contributed by atoms with van der Waals surface area (Å²) >= 11 is 0. The van der Waals surface area contributed by atoms with Crippen LogP contribution in [0.5, 0.6) is 0 Å². The van der Waals surface area contributed by atoms with Crippen molar-refractivity contribution >= 4 is 5.91 Å². The summed E-state index contributed by atoms with van der Waals surface area (Å²) < 4.78 is 1.70. The van der Waals surface area contributed by atoms with Gasteiger partial charge in [-0.1, -0.05) is 60.5 Å². The molecule has 144 valence electrons. The number of nitrogens with one attached hydrogen (secondary N) is 1. The molecule has 0 unspecified atom stereocenters. The Morgan fingerprint density at radius 1 is 1.07 bits per heavy atom. The van der Waals surface area contributed by atoms with Crippen molar-refractivity contribution in [1.29, 1.82) is 0 Å². The van der Waals surface area contributed by atoms with Crippen LogP contribution in [0.3, 0.4) is 0 Å². The third-order valence-electron chi connectivity index (χ3n) is 5.66. The molecule has 1 saturated carbocycles. The monoisotopic (exact) mass is 375 g/mol. The summed E-state index contributed by atoms with van der Waals surface area (Å²) in [6.07, 6.45) is 4.03. The zero-order valence-electron chi connectivity index (χ0n) is 16.1. The first-order valence-corrected chi connectivity index (χ1v) is 9.73. The highest BCUT2D eigenvalue weighted by molar-refractivity contribution is 5.93. The Bertz CT molecular complexity index is 956. The van der Waals surface area contributed by atoms with E-state index in [0.717, 1.165) is 48.2 Å². The second-order valence-electron chi connectivity index (χ2n) is 7.49. The molecule has 0 radical (unpaired) electrons. The minimum atomic E-state index is -0.301. The molecular weight excluding hydrogens is 350 g/mol. The second kappa shape index (κ2) is 7.56. The smallest absolute Gasteiger partial charge is 0.274 e. The number of rotatable bonds is 5. The van der Waals surface area contributed by atoms with Crippen LogP contribution in [0.15, 0.2) is 54.6 Å². The summed E-state index contributed by atoms with van der Waals surface area (Å²) in [4.78, 5) is 12.8. The molecule has 2 aromatic carbocycles. The second-order valence-corrected chi connectivity index (χ2v) is 7.49. The van der Waals surface area contributed by atoms with Gasteiger partial charge in [-0.25, -0.2) is 4.68 Å². The number of nitrogens with two attached hydrogens (primary N) is 1. The van der Waals surface area contributed by atoms with E-state index in [1.807, 2.05) is 49.4 Å². The maximum Gasteiger partial charge on any atom is 0.274 e. The van der Waals surface area contributed by atoms with Gasteiger partial charge in [0.1, 0.15) is 0 Å². The molecule has 28 heavy (non-hydrogen) atoms. The Labute approximate surface area is 164 Å². The molecule has 0 bridgehead atoms. The molecule has 4 rings (SSSR count). The van der Waals surface area contributed by atoms with E-state index >= 15 is 0 Å². The molecule has 3 aromatic rings. The molecule has 0 saturated heterocycles. The normalized spacial score (nSPS) is 15.5. The van der Waals surface area contributed by atoms with Crippen molar-refractivity contribution in [3.05, 3.63) is 66.0 Å². The minimum absolute atomic E-state index is 0.197. The molecule has 1 fully saturated rings. The molecule has 6 heteroatoms. The van der Waals surface area contributed by atoms with Crippen LogP contribution in [0.25, 0.3) is 16.8 Å². The number of amides is 1. The fourth-order valence-corrected chi connectivity index (χ4v) is 3.94. The van der Waals surface area contributed by atoms with Crippen LogP contribution >= 0.6 is 0 Å². The summed E-state index contributed by atoms with van der Waals surface area (Å²) in [6, 6.07) is 18.3.